The smallest absolute Gasteiger partial charge is 0.251 e. The molecule has 0 atom stereocenters. The van der Waals surface area contributed by atoms with Crippen LogP contribution in [0.5, 0.6) is 0 Å². The van der Waals surface area contributed by atoms with Gasteiger partial charge in [0, 0.05) is 36.0 Å². The number of nitrogens with zero attached hydrogens (tertiary/aromatic N) is 1. The van der Waals surface area contributed by atoms with E-state index in [1.807, 2.05) is 54.9 Å². The molecule has 5 heteroatoms. The normalized spacial score (nSPS) is 12.7. The van der Waals surface area contributed by atoms with Crippen LogP contribution in [0.3, 0.4) is 0 Å². The van der Waals surface area contributed by atoms with Gasteiger partial charge in [-0.15, -0.1) is 0 Å². The molecule has 0 radical (unpaired) electrons. The highest BCUT2D eigenvalue weighted by Crippen LogP contribution is 2.35. The van der Waals surface area contributed by atoms with Crippen LogP contribution in [-0.2, 0) is 13.1 Å². The van der Waals surface area contributed by atoms with Gasteiger partial charge in [0.15, 0.2) is 0 Å². The van der Waals surface area contributed by atoms with E-state index in [-0.39, 0.29) is 5.91 Å². The summed E-state index contributed by atoms with van der Waals surface area (Å²) in [7, 11) is 0. The van der Waals surface area contributed by atoms with Crippen molar-refractivity contribution in [1.82, 2.24) is 20.8 Å². The lowest BCUT2D eigenvalue weighted by atomic mass is 10.1. The maximum atomic E-state index is 12.6. The third-order valence-electron chi connectivity index (χ3n) is 4.06. The first-order valence-corrected chi connectivity index (χ1v) is 7.54. The number of aromatic amines is 1. The Balaban J connectivity index is 1.65. The predicted molar refractivity (Wildman–Crippen MR) is 88.7 cm³/mol. The van der Waals surface area contributed by atoms with Crippen molar-refractivity contribution in [3.63, 3.8) is 0 Å². The van der Waals surface area contributed by atoms with Crippen LogP contribution in [0.4, 0.5) is 0 Å². The van der Waals surface area contributed by atoms with Gasteiger partial charge in [0.2, 0.25) is 0 Å². The molecule has 2 aliphatic heterocycles. The van der Waals surface area contributed by atoms with Gasteiger partial charge in [-0.2, -0.15) is 5.10 Å². The number of nitrogens with one attached hydrogen (secondary N) is 3. The van der Waals surface area contributed by atoms with Crippen LogP contribution in [0.2, 0.25) is 0 Å². The predicted octanol–water partition coefficient (Wildman–Crippen LogP) is 2.52. The van der Waals surface area contributed by atoms with Crippen LogP contribution in [-0.4, -0.2) is 16.1 Å². The number of rotatable bonds is 3. The lowest BCUT2D eigenvalue weighted by molar-refractivity contribution is 0.0950. The van der Waals surface area contributed by atoms with Crippen molar-refractivity contribution in [2.24, 2.45) is 0 Å². The second-order valence-corrected chi connectivity index (χ2v) is 5.52. The maximum Gasteiger partial charge on any atom is 0.251 e. The first-order chi connectivity index (χ1) is 11.3. The Hall–Kier alpha value is -3.08. The summed E-state index contributed by atoms with van der Waals surface area (Å²) < 4.78 is 0. The number of carbonyl (C=O) groups is 1. The van der Waals surface area contributed by atoms with Crippen molar-refractivity contribution >= 4 is 12.0 Å². The van der Waals surface area contributed by atoms with Gasteiger partial charge in [-0.25, -0.2) is 0 Å². The molecule has 0 aromatic heterocycles. The topological polar surface area (TPSA) is 69.8 Å². The molecular formula is C18H16N4O. The van der Waals surface area contributed by atoms with Gasteiger partial charge >= 0.3 is 0 Å². The highest BCUT2D eigenvalue weighted by molar-refractivity contribution is 6.01. The van der Waals surface area contributed by atoms with Crippen LogP contribution >= 0.6 is 0 Å². The first kappa shape index (κ1) is 13.6. The summed E-state index contributed by atoms with van der Waals surface area (Å²) in [6.45, 7) is 1.14. The summed E-state index contributed by atoms with van der Waals surface area (Å²) in [4.78, 5) is 12.6. The van der Waals surface area contributed by atoms with Gasteiger partial charge in [-0.3, -0.25) is 9.89 Å². The number of hydrogen-bond donors (Lipinski definition) is 3. The fraction of sp³-hybridized carbons (Fsp3) is 0.111. The third-order valence-corrected chi connectivity index (χ3v) is 4.06. The zero-order chi connectivity index (χ0) is 15.6. The number of hydrogen-bond acceptors (Lipinski definition) is 3. The van der Waals surface area contributed by atoms with E-state index in [9.17, 15) is 4.79 Å². The highest BCUT2D eigenvalue weighted by Gasteiger charge is 2.24. The Bertz CT molecular complexity index is 851. The molecule has 0 saturated heterocycles. The number of benzene rings is 1. The SMILES string of the molecule is O=C(NCc1ccccc1)c1cc2c[nH]nc3c-2c1CNC=C3. The lowest BCUT2D eigenvalue weighted by Gasteiger charge is -2.08. The zero-order valence-electron chi connectivity index (χ0n) is 12.5. The standard InChI is InChI=1S/C18H16N4O/c23-18(20-9-12-4-2-1-3-5-12)14-8-13-10-21-22-16-6-7-19-11-15(14)17(13)16/h1-8,10,19,21H,9,11H2,(H,20,23). The average Bonchev–Trinajstić information content (AvgIpc) is 2.82. The maximum absolute atomic E-state index is 12.6. The van der Waals surface area contributed by atoms with E-state index in [4.69, 9.17) is 0 Å². The van der Waals surface area contributed by atoms with Gasteiger partial charge in [0.05, 0.1) is 5.69 Å². The van der Waals surface area contributed by atoms with Crippen LogP contribution < -0.4 is 10.6 Å². The second-order valence-electron chi connectivity index (χ2n) is 5.52. The molecule has 0 bridgehead atoms. The van der Waals surface area contributed by atoms with E-state index in [1.54, 1.807) is 0 Å². The molecule has 23 heavy (non-hydrogen) atoms. The molecule has 3 aliphatic rings. The van der Waals surface area contributed by atoms with E-state index >= 15 is 0 Å². The van der Waals surface area contributed by atoms with Crippen molar-refractivity contribution in [3.8, 4) is 11.1 Å². The van der Waals surface area contributed by atoms with E-state index in [0.717, 1.165) is 27.9 Å². The minimum Gasteiger partial charge on any atom is -0.387 e. The fourth-order valence-electron chi connectivity index (χ4n) is 2.95. The van der Waals surface area contributed by atoms with Crippen molar-refractivity contribution in [2.45, 2.75) is 13.1 Å². The second kappa shape index (κ2) is 5.61. The van der Waals surface area contributed by atoms with Crippen LogP contribution in [0.15, 0.2) is 48.8 Å². The highest BCUT2D eigenvalue weighted by atomic mass is 16.1. The molecule has 4 rings (SSSR count). The fourth-order valence-corrected chi connectivity index (χ4v) is 2.95. The largest absolute Gasteiger partial charge is 0.387 e. The quantitative estimate of drug-likeness (QED) is 0.696. The molecule has 1 aliphatic carbocycles. The van der Waals surface area contributed by atoms with Crippen molar-refractivity contribution in [2.75, 3.05) is 0 Å². The minimum absolute atomic E-state index is 0.0605. The Morgan fingerprint density at radius 2 is 2.13 bits per heavy atom. The van der Waals surface area contributed by atoms with Crippen LogP contribution in [0, 0.1) is 0 Å². The molecule has 114 valence electrons. The van der Waals surface area contributed by atoms with Crippen molar-refractivity contribution in [1.29, 1.82) is 0 Å². The molecule has 1 amide bonds. The molecule has 1 aromatic carbocycles. The summed E-state index contributed by atoms with van der Waals surface area (Å²) in [5, 5.41) is 13.4. The van der Waals surface area contributed by atoms with E-state index in [2.05, 4.69) is 20.8 Å². The minimum atomic E-state index is -0.0605. The lowest BCUT2D eigenvalue weighted by Crippen LogP contribution is -2.23. The van der Waals surface area contributed by atoms with Gasteiger partial charge in [-0.1, -0.05) is 30.3 Å². The van der Waals surface area contributed by atoms with E-state index in [0.29, 0.717) is 18.7 Å². The van der Waals surface area contributed by atoms with Crippen molar-refractivity contribution in [3.05, 3.63) is 71.2 Å². The molecule has 3 N–H and O–H groups in total. The summed E-state index contributed by atoms with van der Waals surface area (Å²) in [6.07, 6.45) is 5.61. The molecule has 1 aromatic rings. The summed E-state index contributed by atoms with van der Waals surface area (Å²) in [5.74, 6) is -0.0605. The van der Waals surface area contributed by atoms with Gasteiger partial charge < -0.3 is 10.6 Å². The molecule has 0 fully saturated rings. The van der Waals surface area contributed by atoms with Gasteiger partial charge in [0.1, 0.15) is 0 Å². The molecule has 0 unspecified atom stereocenters. The summed E-state index contributed by atoms with van der Waals surface area (Å²) in [5.41, 5.74) is 5.67. The summed E-state index contributed by atoms with van der Waals surface area (Å²) >= 11 is 0. The molecule has 0 spiro atoms. The number of amides is 1. The monoisotopic (exact) mass is 304 g/mol. The molecule has 0 saturated carbocycles. The van der Waals surface area contributed by atoms with Crippen molar-refractivity contribution < 1.29 is 4.79 Å². The molecule has 2 heterocycles. The number of aromatic nitrogens is 2. The molecular weight excluding hydrogens is 288 g/mol. The molecule has 5 nitrogen and oxygen atoms in total. The average molecular weight is 304 g/mol. The van der Waals surface area contributed by atoms with Gasteiger partial charge in [0.25, 0.3) is 5.91 Å². The number of H-pyrrole nitrogens is 1. The van der Waals surface area contributed by atoms with E-state index in [1.165, 1.54) is 0 Å². The zero-order valence-corrected chi connectivity index (χ0v) is 12.5. The Labute approximate surface area is 133 Å². The Morgan fingerprint density at radius 3 is 3.00 bits per heavy atom. The van der Waals surface area contributed by atoms with E-state index < -0.39 is 0 Å². The Kier molecular flexibility index (Phi) is 3.31. The third kappa shape index (κ3) is 2.46. The first-order valence-electron chi connectivity index (χ1n) is 7.54. The number of carbonyl (C=O) groups excluding carboxylic acids is 1. The summed E-state index contributed by atoms with van der Waals surface area (Å²) in [6, 6.07) is 11.8. The van der Waals surface area contributed by atoms with Crippen LogP contribution in [0.25, 0.3) is 17.2 Å². The van der Waals surface area contributed by atoms with Crippen LogP contribution in [0.1, 0.15) is 27.2 Å². The Morgan fingerprint density at radius 1 is 1.26 bits per heavy atom. The van der Waals surface area contributed by atoms with Gasteiger partial charge in [-0.05, 0) is 29.5 Å².